The van der Waals surface area contributed by atoms with Crippen molar-refractivity contribution in [2.24, 2.45) is 0 Å². The molecule has 21 heavy (non-hydrogen) atoms. The molecule has 0 unspecified atom stereocenters. The molecule has 110 valence electrons. The maximum atomic E-state index is 12.5. The van der Waals surface area contributed by atoms with Gasteiger partial charge in [-0.3, -0.25) is 0 Å². The van der Waals surface area contributed by atoms with Crippen molar-refractivity contribution in [2.75, 3.05) is 0 Å². The molecule has 1 atom stereocenters. The van der Waals surface area contributed by atoms with E-state index in [1.165, 1.54) is 0 Å². The van der Waals surface area contributed by atoms with Crippen LogP contribution in [0.2, 0.25) is 0 Å². The van der Waals surface area contributed by atoms with Crippen LogP contribution in [0.4, 0.5) is 0 Å². The summed E-state index contributed by atoms with van der Waals surface area (Å²) in [5, 5.41) is 0. The van der Waals surface area contributed by atoms with Gasteiger partial charge in [0.05, 0.1) is 10.9 Å². The molecule has 0 fully saturated rings. The number of benzene rings is 2. The predicted octanol–water partition coefficient (Wildman–Crippen LogP) is 3.67. The Morgan fingerprint density at radius 2 is 1.52 bits per heavy atom. The molecule has 0 amide bonds. The predicted molar refractivity (Wildman–Crippen MR) is 85.4 cm³/mol. The summed E-state index contributed by atoms with van der Waals surface area (Å²) >= 11 is 0. The molecule has 0 spiro atoms. The first-order chi connectivity index (χ1) is 10.0. The Kier molecular flexibility index (Phi) is 4.94. The van der Waals surface area contributed by atoms with E-state index in [2.05, 4.69) is 4.72 Å². The summed E-state index contributed by atoms with van der Waals surface area (Å²) < 4.78 is 27.8. The van der Waals surface area contributed by atoms with Crippen LogP contribution in [0.1, 0.15) is 25.5 Å². The molecular formula is C17H19NO2S. The van der Waals surface area contributed by atoms with E-state index in [1.807, 2.05) is 50.3 Å². The van der Waals surface area contributed by atoms with Crippen LogP contribution < -0.4 is 4.72 Å². The van der Waals surface area contributed by atoms with E-state index in [9.17, 15) is 8.42 Å². The van der Waals surface area contributed by atoms with Crippen molar-refractivity contribution in [1.82, 2.24) is 4.72 Å². The highest BCUT2D eigenvalue weighted by Crippen LogP contribution is 2.23. The van der Waals surface area contributed by atoms with Crippen LogP contribution in [0.15, 0.2) is 77.2 Å². The Morgan fingerprint density at radius 3 is 2.05 bits per heavy atom. The van der Waals surface area contributed by atoms with Crippen molar-refractivity contribution in [2.45, 2.75) is 24.8 Å². The van der Waals surface area contributed by atoms with Gasteiger partial charge in [-0.15, -0.1) is 0 Å². The van der Waals surface area contributed by atoms with E-state index in [-0.39, 0.29) is 10.9 Å². The lowest BCUT2D eigenvalue weighted by molar-refractivity contribution is 0.570. The van der Waals surface area contributed by atoms with Crippen molar-refractivity contribution in [1.29, 1.82) is 0 Å². The number of sulfonamides is 1. The van der Waals surface area contributed by atoms with Gasteiger partial charge in [-0.1, -0.05) is 60.2 Å². The first-order valence-electron chi connectivity index (χ1n) is 6.79. The minimum absolute atomic E-state index is 0.273. The van der Waals surface area contributed by atoms with Crippen LogP contribution in [0.3, 0.4) is 0 Å². The minimum Gasteiger partial charge on any atom is -0.207 e. The molecule has 2 rings (SSSR count). The number of rotatable bonds is 5. The number of allylic oxidation sites excluding steroid dienone is 1. The topological polar surface area (TPSA) is 46.2 Å². The van der Waals surface area contributed by atoms with Gasteiger partial charge in [-0.05, 0) is 31.5 Å². The second-order valence-electron chi connectivity index (χ2n) is 4.81. The first kappa shape index (κ1) is 15.5. The molecule has 0 saturated heterocycles. The van der Waals surface area contributed by atoms with E-state index in [0.29, 0.717) is 0 Å². The van der Waals surface area contributed by atoms with Crippen LogP contribution in [-0.4, -0.2) is 8.42 Å². The summed E-state index contributed by atoms with van der Waals surface area (Å²) in [5.41, 5.74) is 1.88. The molecule has 0 saturated carbocycles. The van der Waals surface area contributed by atoms with Crippen LogP contribution in [-0.2, 0) is 10.0 Å². The molecule has 0 bridgehead atoms. The van der Waals surface area contributed by atoms with Crippen LogP contribution in [0, 0.1) is 0 Å². The smallest absolute Gasteiger partial charge is 0.207 e. The third-order valence-corrected chi connectivity index (χ3v) is 4.81. The maximum Gasteiger partial charge on any atom is 0.241 e. The largest absolute Gasteiger partial charge is 0.241 e. The van der Waals surface area contributed by atoms with Crippen molar-refractivity contribution < 1.29 is 8.42 Å². The SMILES string of the molecule is C/C=C(\C)[C@H](NS(=O)(=O)c1ccccc1)c1ccccc1. The van der Waals surface area contributed by atoms with Crippen LogP contribution in [0.5, 0.6) is 0 Å². The number of hydrogen-bond donors (Lipinski definition) is 1. The fourth-order valence-electron chi connectivity index (χ4n) is 2.06. The second-order valence-corrected chi connectivity index (χ2v) is 6.52. The molecule has 3 nitrogen and oxygen atoms in total. The van der Waals surface area contributed by atoms with E-state index in [4.69, 9.17) is 0 Å². The molecule has 0 aliphatic rings. The summed E-state index contributed by atoms with van der Waals surface area (Å²) in [6.07, 6.45) is 1.92. The average Bonchev–Trinajstić information content (AvgIpc) is 2.53. The van der Waals surface area contributed by atoms with E-state index in [0.717, 1.165) is 11.1 Å². The van der Waals surface area contributed by atoms with Gasteiger partial charge in [0.25, 0.3) is 0 Å². The summed E-state index contributed by atoms with van der Waals surface area (Å²) in [6, 6.07) is 17.6. The summed E-state index contributed by atoms with van der Waals surface area (Å²) in [5.74, 6) is 0. The molecule has 2 aromatic carbocycles. The Bertz CT molecular complexity index is 707. The third kappa shape index (κ3) is 3.80. The Balaban J connectivity index is 2.37. The molecule has 0 radical (unpaired) electrons. The highest BCUT2D eigenvalue weighted by Gasteiger charge is 2.21. The van der Waals surface area contributed by atoms with Gasteiger partial charge in [-0.25, -0.2) is 8.42 Å². The van der Waals surface area contributed by atoms with E-state index >= 15 is 0 Å². The summed E-state index contributed by atoms with van der Waals surface area (Å²) in [7, 11) is -3.55. The van der Waals surface area contributed by atoms with Crippen molar-refractivity contribution >= 4 is 10.0 Å². The van der Waals surface area contributed by atoms with Crippen molar-refractivity contribution in [3.8, 4) is 0 Å². The van der Waals surface area contributed by atoms with Gasteiger partial charge in [-0.2, -0.15) is 4.72 Å². The normalized spacial score (nSPS) is 13.9. The van der Waals surface area contributed by atoms with Crippen LogP contribution >= 0.6 is 0 Å². The van der Waals surface area contributed by atoms with Gasteiger partial charge in [0.15, 0.2) is 0 Å². The highest BCUT2D eigenvalue weighted by molar-refractivity contribution is 7.89. The van der Waals surface area contributed by atoms with Gasteiger partial charge in [0.2, 0.25) is 10.0 Å². The third-order valence-electron chi connectivity index (χ3n) is 3.37. The Hall–Kier alpha value is -1.91. The zero-order valence-corrected chi connectivity index (χ0v) is 13.0. The molecule has 0 aliphatic heterocycles. The lowest BCUT2D eigenvalue weighted by atomic mass is 10.0. The van der Waals surface area contributed by atoms with Gasteiger partial charge in [0, 0.05) is 0 Å². The van der Waals surface area contributed by atoms with Gasteiger partial charge < -0.3 is 0 Å². The molecule has 0 aromatic heterocycles. The number of nitrogens with one attached hydrogen (secondary N) is 1. The van der Waals surface area contributed by atoms with Crippen molar-refractivity contribution in [3.05, 3.63) is 77.9 Å². The minimum atomic E-state index is -3.55. The molecule has 2 aromatic rings. The van der Waals surface area contributed by atoms with Crippen LogP contribution in [0.25, 0.3) is 0 Å². The first-order valence-corrected chi connectivity index (χ1v) is 8.28. The van der Waals surface area contributed by atoms with Gasteiger partial charge >= 0.3 is 0 Å². The van der Waals surface area contributed by atoms with E-state index < -0.39 is 10.0 Å². The van der Waals surface area contributed by atoms with E-state index in [1.54, 1.807) is 30.3 Å². The zero-order chi connectivity index (χ0) is 15.3. The lowest BCUT2D eigenvalue weighted by Gasteiger charge is -2.20. The van der Waals surface area contributed by atoms with Gasteiger partial charge in [0.1, 0.15) is 0 Å². The van der Waals surface area contributed by atoms with Crippen molar-refractivity contribution in [3.63, 3.8) is 0 Å². The Morgan fingerprint density at radius 1 is 1.00 bits per heavy atom. The summed E-state index contributed by atoms with van der Waals surface area (Å²) in [4.78, 5) is 0.273. The zero-order valence-electron chi connectivity index (χ0n) is 12.2. The molecule has 4 heteroatoms. The monoisotopic (exact) mass is 301 g/mol. The maximum absolute atomic E-state index is 12.5. The average molecular weight is 301 g/mol. The quantitative estimate of drug-likeness (QED) is 0.856. The lowest BCUT2D eigenvalue weighted by Crippen LogP contribution is -2.29. The standard InChI is InChI=1S/C17H19NO2S/c1-3-14(2)17(15-10-6-4-7-11-15)18-21(19,20)16-12-8-5-9-13-16/h3-13,17-18H,1-2H3/b14-3+/t17-/m0/s1. The molecule has 0 heterocycles. The fraction of sp³-hybridized carbons (Fsp3) is 0.176. The Labute approximate surface area is 126 Å². The molecule has 0 aliphatic carbocycles. The second kappa shape index (κ2) is 6.70. The number of hydrogen-bond acceptors (Lipinski definition) is 2. The fourth-order valence-corrected chi connectivity index (χ4v) is 3.34. The molecular weight excluding hydrogens is 282 g/mol. The highest BCUT2D eigenvalue weighted by atomic mass is 32.2. The summed E-state index contributed by atoms with van der Waals surface area (Å²) in [6.45, 7) is 3.83. The molecule has 1 N–H and O–H groups in total.